The molecule has 0 aliphatic rings. The van der Waals surface area contributed by atoms with E-state index in [0.717, 1.165) is 20.4 Å². The molecule has 0 spiro atoms. The van der Waals surface area contributed by atoms with Crippen molar-refractivity contribution in [2.75, 3.05) is 0 Å². The van der Waals surface area contributed by atoms with Gasteiger partial charge in [-0.15, -0.1) is 21.5 Å². The van der Waals surface area contributed by atoms with Crippen LogP contribution in [0, 0.1) is 0 Å². The van der Waals surface area contributed by atoms with Crippen LogP contribution in [0.25, 0.3) is 10.2 Å². The van der Waals surface area contributed by atoms with Crippen LogP contribution in [0.2, 0.25) is 5.02 Å². The van der Waals surface area contributed by atoms with Crippen LogP contribution in [0.4, 0.5) is 0 Å². The second kappa shape index (κ2) is 6.99. The first-order valence-electron chi connectivity index (χ1n) is 7.34. The lowest BCUT2D eigenvalue weighted by Gasteiger charge is -2.07. The molecule has 4 aromatic rings. The molecular formula is C16H12ClN5OS2. The fourth-order valence-corrected chi connectivity index (χ4v) is 4.06. The molecular weight excluding hydrogens is 378 g/mol. The molecule has 0 bridgehead atoms. The summed E-state index contributed by atoms with van der Waals surface area (Å²) in [6, 6.07) is 9.36. The molecule has 0 aliphatic carbocycles. The van der Waals surface area contributed by atoms with E-state index in [9.17, 15) is 0 Å². The smallest absolute Gasteiger partial charge is 0.197 e. The van der Waals surface area contributed by atoms with Crippen LogP contribution < -0.4 is 4.74 Å². The Balaban J connectivity index is 1.53. The summed E-state index contributed by atoms with van der Waals surface area (Å²) in [4.78, 5) is 9.58. The van der Waals surface area contributed by atoms with E-state index in [1.54, 1.807) is 23.7 Å². The monoisotopic (exact) mass is 389 g/mol. The summed E-state index contributed by atoms with van der Waals surface area (Å²) in [6.07, 6.45) is 1.57. The van der Waals surface area contributed by atoms with Gasteiger partial charge in [0.15, 0.2) is 11.0 Å². The third-order valence-electron chi connectivity index (χ3n) is 3.53. The van der Waals surface area contributed by atoms with Crippen molar-refractivity contribution in [1.82, 2.24) is 24.7 Å². The lowest BCUT2D eigenvalue weighted by molar-refractivity contribution is 0.290. The number of fused-ring (bicyclic) bond motifs is 1. The number of hydrogen-bond acceptors (Lipinski definition) is 7. The standard InChI is InChI=1S/C16H12ClN5OS2/c1-22-13(8-23-12-5-3-2-4-11(12)17)20-21-16(22)25-15-10-6-7-24-14(10)18-9-19-15/h2-7,9H,8H2,1H3. The molecule has 0 unspecified atom stereocenters. The Bertz CT molecular complexity index is 1030. The predicted molar refractivity (Wildman–Crippen MR) is 98.3 cm³/mol. The van der Waals surface area contributed by atoms with Crippen LogP contribution in [-0.2, 0) is 13.7 Å². The van der Waals surface area contributed by atoms with E-state index in [2.05, 4.69) is 20.2 Å². The minimum Gasteiger partial charge on any atom is -0.484 e. The minimum absolute atomic E-state index is 0.283. The molecule has 3 heterocycles. The number of hydrogen-bond donors (Lipinski definition) is 0. The van der Waals surface area contributed by atoms with Gasteiger partial charge in [-0.1, -0.05) is 23.7 Å². The third kappa shape index (κ3) is 3.33. The Kier molecular flexibility index (Phi) is 4.56. The number of thiophene rings is 1. The Labute approximate surface area is 156 Å². The summed E-state index contributed by atoms with van der Waals surface area (Å²) in [5.41, 5.74) is 0. The topological polar surface area (TPSA) is 65.7 Å². The van der Waals surface area contributed by atoms with Crippen LogP contribution >= 0.6 is 34.7 Å². The van der Waals surface area contributed by atoms with Gasteiger partial charge in [-0.3, -0.25) is 0 Å². The van der Waals surface area contributed by atoms with Gasteiger partial charge in [-0.2, -0.15) is 0 Å². The highest BCUT2D eigenvalue weighted by Crippen LogP contribution is 2.32. The summed E-state index contributed by atoms with van der Waals surface area (Å²) < 4.78 is 7.63. The van der Waals surface area contributed by atoms with Gasteiger partial charge in [0.1, 0.15) is 28.5 Å². The lowest BCUT2D eigenvalue weighted by atomic mass is 10.3. The molecule has 126 valence electrons. The first kappa shape index (κ1) is 16.3. The number of para-hydroxylation sites is 1. The molecule has 0 aliphatic heterocycles. The number of ether oxygens (including phenoxy) is 1. The maximum atomic E-state index is 6.10. The second-order valence-electron chi connectivity index (χ2n) is 5.10. The normalized spacial score (nSPS) is 11.1. The number of aromatic nitrogens is 5. The van der Waals surface area contributed by atoms with E-state index in [4.69, 9.17) is 16.3 Å². The largest absolute Gasteiger partial charge is 0.484 e. The van der Waals surface area contributed by atoms with Crippen molar-refractivity contribution in [1.29, 1.82) is 0 Å². The molecule has 9 heteroatoms. The van der Waals surface area contributed by atoms with Gasteiger partial charge in [0.25, 0.3) is 0 Å². The van der Waals surface area contributed by atoms with Crippen LogP contribution in [0.5, 0.6) is 5.75 Å². The van der Waals surface area contributed by atoms with Crippen LogP contribution in [0.1, 0.15) is 5.82 Å². The van der Waals surface area contributed by atoms with E-state index in [0.29, 0.717) is 16.6 Å². The zero-order valence-corrected chi connectivity index (χ0v) is 15.5. The van der Waals surface area contributed by atoms with Crippen molar-refractivity contribution in [3.8, 4) is 5.75 Å². The van der Waals surface area contributed by atoms with E-state index < -0.39 is 0 Å². The Hall–Kier alpha value is -2.16. The zero-order chi connectivity index (χ0) is 17.2. The Morgan fingerprint density at radius 2 is 2.08 bits per heavy atom. The highest BCUT2D eigenvalue weighted by atomic mass is 35.5. The van der Waals surface area contributed by atoms with Crippen molar-refractivity contribution in [3.63, 3.8) is 0 Å². The van der Waals surface area contributed by atoms with Crippen LogP contribution in [0.15, 0.2) is 52.2 Å². The maximum absolute atomic E-state index is 6.10. The number of nitrogens with zero attached hydrogens (tertiary/aromatic N) is 5. The van der Waals surface area contributed by atoms with E-state index in [1.807, 2.05) is 41.3 Å². The number of benzene rings is 1. The summed E-state index contributed by atoms with van der Waals surface area (Å²) in [5.74, 6) is 1.33. The fourth-order valence-electron chi connectivity index (χ4n) is 2.20. The molecule has 0 saturated heterocycles. The SMILES string of the molecule is Cn1c(COc2ccccc2Cl)nnc1Sc1ncnc2sccc12. The molecule has 0 saturated carbocycles. The van der Waals surface area contributed by atoms with E-state index in [-0.39, 0.29) is 6.61 Å². The molecule has 1 aromatic carbocycles. The molecule has 0 radical (unpaired) electrons. The van der Waals surface area contributed by atoms with Crippen LogP contribution in [-0.4, -0.2) is 24.7 Å². The zero-order valence-electron chi connectivity index (χ0n) is 13.1. The maximum Gasteiger partial charge on any atom is 0.197 e. The van der Waals surface area contributed by atoms with Crippen molar-refractivity contribution in [3.05, 3.63) is 52.9 Å². The molecule has 0 amide bonds. The average Bonchev–Trinajstić information content (AvgIpc) is 3.23. The highest BCUT2D eigenvalue weighted by molar-refractivity contribution is 7.99. The van der Waals surface area contributed by atoms with E-state index in [1.165, 1.54) is 11.8 Å². The van der Waals surface area contributed by atoms with Crippen molar-refractivity contribution >= 4 is 44.9 Å². The molecule has 4 rings (SSSR count). The molecule has 0 fully saturated rings. The van der Waals surface area contributed by atoms with Gasteiger partial charge in [0.05, 0.1) is 5.02 Å². The molecule has 25 heavy (non-hydrogen) atoms. The third-order valence-corrected chi connectivity index (χ3v) is 5.72. The van der Waals surface area contributed by atoms with Crippen molar-refractivity contribution in [2.24, 2.45) is 7.05 Å². The van der Waals surface area contributed by atoms with Crippen molar-refractivity contribution < 1.29 is 4.74 Å². The second-order valence-corrected chi connectivity index (χ2v) is 7.35. The minimum atomic E-state index is 0.283. The Morgan fingerprint density at radius 1 is 1.20 bits per heavy atom. The molecule has 0 N–H and O–H groups in total. The average molecular weight is 390 g/mol. The molecule has 0 atom stereocenters. The van der Waals surface area contributed by atoms with Gasteiger partial charge in [0.2, 0.25) is 0 Å². The summed E-state index contributed by atoms with van der Waals surface area (Å²) in [7, 11) is 1.90. The van der Waals surface area contributed by atoms with Crippen molar-refractivity contribution in [2.45, 2.75) is 16.8 Å². The number of halogens is 1. The molecule has 6 nitrogen and oxygen atoms in total. The van der Waals surface area contributed by atoms with Gasteiger partial charge in [-0.05, 0) is 35.3 Å². The fraction of sp³-hybridized carbons (Fsp3) is 0.125. The first-order chi connectivity index (χ1) is 12.2. The summed E-state index contributed by atoms with van der Waals surface area (Å²) in [5, 5.41) is 13.6. The quantitative estimate of drug-likeness (QED) is 0.476. The van der Waals surface area contributed by atoms with Gasteiger partial charge < -0.3 is 9.30 Å². The predicted octanol–water partition coefficient (Wildman–Crippen LogP) is 4.20. The highest BCUT2D eigenvalue weighted by Gasteiger charge is 2.14. The first-order valence-corrected chi connectivity index (χ1v) is 9.41. The summed E-state index contributed by atoms with van der Waals surface area (Å²) in [6.45, 7) is 0.283. The lowest BCUT2D eigenvalue weighted by Crippen LogP contribution is -2.04. The summed E-state index contributed by atoms with van der Waals surface area (Å²) >= 11 is 9.15. The van der Waals surface area contributed by atoms with Gasteiger partial charge in [-0.25, -0.2) is 9.97 Å². The van der Waals surface area contributed by atoms with Gasteiger partial charge >= 0.3 is 0 Å². The number of rotatable bonds is 5. The van der Waals surface area contributed by atoms with Gasteiger partial charge in [0, 0.05) is 12.4 Å². The Morgan fingerprint density at radius 3 is 2.96 bits per heavy atom. The van der Waals surface area contributed by atoms with E-state index >= 15 is 0 Å². The van der Waals surface area contributed by atoms with Crippen LogP contribution in [0.3, 0.4) is 0 Å². The molecule has 3 aromatic heterocycles.